The first kappa shape index (κ1) is 8.61. The Morgan fingerprint density at radius 1 is 1.75 bits per heavy atom. The lowest BCUT2D eigenvalue weighted by molar-refractivity contribution is 0.0952. The Morgan fingerprint density at radius 2 is 2.42 bits per heavy atom. The predicted molar refractivity (Wildman–Crippen MR) is 40.6 cm³/mol. The average Bonchev–Trinajstić information content (AvgIpc) is 2.08. The lowest BCUT2D eigenvalue weighted by Gasteiger charge is -2.01. The molecule has 1 heterocycles. The fraction of sp³-hybridized carbons (Fsp3) is 0.143. The van der Waals surface area contributed by atoms with Crippen LogP contribution in [-0.4, -0.2) is 10.9 Å². The zero-order valence-corrected chi connectivity index (χ0v) is 6.47. The van der Waals surface area contributed by atoms with E-state index in [0.29, 0.717) is 5.69 Å². The Labute approximate surface area is 68.6 Å². The van der Waals surface area contributed by atoms with Crippen LogP contribution in [0, 0.1) is 12.7 Å². The molecule has 4 nitrogen and oxygen atoms in total. The molecule has 0 bridgehead atoms. The number of nitrogen functional groups attached to an aromatic ring is 1. The van der Waals surface area contributed by atoms with Gasteiger partial charge in [0.25, 0.3) is 5.91 Å². The van der Waals surface area contributed by atoms with Gasteiger partial charge in [-0.15, -0.1) is 0 Å². The summed E-state index contributed by atoms with van der Waals surface area (Å²) in [4.78, 5) is 14.6. The van der Waals surface area contributed by atoms with Gasteiger partial charge >= 0.3 is 0 Å². The topological polar surface area (TPSA) is 68.0 Å². The van der Waals surface area contributed by atoms with Crippen molar-refractivity contribution in [2.24, 2.45) is 5.84 Å². The number of pyridine rings is 1. The van der Waals surface area contributed by atoms with Crippen LogP contribution in [0.5, 0.6) is 0 Å². The van der Waals surface area contributed by atoms with Gasteiger partial charge in [0.05, 0.1) is 17.5 Å². The van der Waals surface area contributed by atoms with E-state index in [9.17, 15) is 9.18 Å². The number of hydrazine groups is 1. The molecular formula is C7H8FN3O. The van der Waals surface area contributed by atoms with Crippen LogP contribution in [0.4, 0.5) is 4.39 Å². The zero-order chi connectivity index (χ0) is 9.14. The molecule has 0 aliphatic heterocycles. The third-order valence-electron chi connectivity index (χ3n) is 1.43. The largest absolute Gasteiger partial charge is 0.290 e. The summed E-state index contributed by atoms with van der Waals surface area (Å²) in [7, 11) is 0. The van der Waals surface area contributed by atoms with Crippen molar-refractivity contribution in [1.29, 1.82) is 0 Å². The van der Waals surface area contributed by atoms with Crippen LogP contribution >= 0.6 is 0 Å². The molecule has 64 valence electrons. The monoisotopic (exact) mass is 169 g/mol. The molecule has 1 rings (SSSR count). The molecule has 0 radical (unpaired) electrons. The summed E-state index contributed by atoms with van der Waals surface area (Å²) < 4.78 is 12.6. The van der Waals surface area contributed by atoms with E-state index < -0.39 is 11.7 Å². The van der Waals surface area contributed by atoms with Crippen LogP contribution in [0.25, 0.3) is 0 Å². The Morgan fingerprint density at radius 3 is 3.00 bits per heavy atom. The highest BCUT2D eigenvalue weighted by Crippen LogP contribution is 2.05. The third-order valence-corrected chi connectivity index (χ3v) is 1.43. The second-order valence-corrected chi connectivity index (χ2v) is 2.26. The van der Waals surface area contributed by atoms with E-state index in [2.05, 4.69) is 4.98 Å². The molecule has 0 aromatic carbocycles. The van der Waals surface area contributed by atoms with E-state index in [1.807, 2.05) is 5.43 Å². The van der Waals surface area contributed by atoms with Crippen molar-refractivity contribution >= 4 is 5.91 Å². The van der Waals surface area contributed by atoms with E-state index in [1.165, 1.54) is 0 Å². The van der Waals surface area contributed by atoms with Gasteiger partial charge in [0.1, 0.15) is 5.82 Å². The Balaban J connectivity index is 3.13. The minimum Gasteiger partial charge on any atom is -0.290 e. The van der Waals surface area contributed by atoms with Crippen LogP contribution in [0.15, 0.2) is 12.3 Å². The van der Waals surface area contributed by atoms with Gasteiger partial charge in [0.2, 0.25) is 0 Å². The number of halogens is 1. The van der Waals surface area contributed by atoms with Crippen LogP contribution in [0.2, 0.25) is 0 Å². The van der Waals surface area contributed by atoms with Crippen LogP contribution < -0.4 is 11.3 Å². The first-order chi connectivity index (χ1) is 5.65. The molecule has 0 spiro atoms. The number of carbonyl (C=O) groups is 1. The number of amides is 1. The van der Waals surface area contributed by atoms with Crippen molar-refractivity contribution in [2.45, 2.75) is 6.92 Å². The fourth-order valence-corrected chi connectivity index (χ4v) is 0.815. The van der Waals surface area contributed by atoms with Gasteiger partial charge in [-0.2, -0.15) is 0 Å². The molecule has 0 atom stereocenters. The quantitative estimate of drug-likeness (QED) is 0.357. The maximum atomic E-state index is 12.6. The van der Waals surface area contributed by atoms with Crippen LogP contribution in [0.3, 0.4) is 0 Å². The Bertz CT molecular complexity index is 314. The van der Waals surface area contributed by atoms with Crippen molar-refractivity contribution in [3.63, 3.8) is 0 Å². The Kier molecular flexibility index (Phi) is 2.35. The lowest BCUT2D eigenvalue weighted by atomic mass is 10.2. The van der Waals surface area contributed by atoms with Gasteiger partial charge in [-0.05, 0) is 13.0 Å². The molecule has 0 unspecified atom stereocenters. The number of hydrogen-bond acceptors (Lipinski definition) is 3. The van der Waals surface area contributed by atoms with E-state index in [1.54, 1.807) is 6.92 Å². The molecular weight excluding hydrogens is 161 g/mol. The molecule has 12 heavy (non-hydrogen) atoms. The van der Waals surface area contributed by atoms with E-state index in [4.69, 9.17) is 5.84 Å². The summed E-state index contributed by atoms with van der Waals surface area (Å²) >= 11 is 0. The van der Waals surface area contributed by atoms with Gasteiger partial charge in [-0.25, -0.2) is 10.2 Å². The van der Waals surface area contributed by atoms with Gasteiger partial charge < -0.3 is 0 Å². The first-order valence-corrected chi connectivity index (χ1v) is 3.28. The maximum Gasteiger partial charge on any atom is 0.267 e. The molecule has 0 aliphatic carbocycles. The number of carbonyl (C=O) groups excluding carboxylic acids is 1. The van der Waals surface area contributed by atoms with Gasteiger partial charge in [0, 0.05) is 0 Å². The first-order valence-electron chi connectivity index (χ1n) is 3.28. The van der Waals surface area contributed by atoms with Crippen molar-refractivity contribution in [2.75, 3.05) is 0 Å². The second-order valence-electron chi connectivity index (χ2n) is 2.26. The predicted octanol–water partition coefficient (Wildman–Crippen LogP) is 0.133. The molecule has 5 heteroatoms. The highest BCUT2D eigenvalue weighted by atomic mass is 19.1. The molecule has 0 saturated carbocycles. The number of nitrogens with two attached hydrogens (primary N) is 1. The van der Waals surface area contributed by atoms with Gasteiger partial charge in [-0.3, -0.25) is 15.2 Å². The number of nitrogens with zero attached hydrogens (tertiary/aromatic N) is 1. The molecule has 0 fully saturated rings. The van der Waals surface area contributed by atoms with E-state index in [0.717, 1.165) is 12.3 Å². The zero-order valence-electron chi connectivity index (χ0n) is 6.47. The third kappa shape index (κ3) is 1.57. The van der Waals surface area contributed by atoms with Crippen LogP contribution in [0.1, 0.15) is 16.1 Å². The number of nitrogens with one attached hydrogen (secondary N) is 1. The van der Waals surface area contributed by atoms with E-state index >= 15 is 0 Å². The molecule has 3 N–H and O–H groups in total. The molecule has 1 aromatic heterocycles. The number of rotatable bonds is 1. The molecule has 0 aliphatic rings. The summed E-state index contributed by atoms with van der Waals surface area (Å²) in [6.45, 7) is 1.60. The SMILES string of the molecule is Cc1ncc(F)cc1C(=O)NN. The maximum absolute atomic E-state index is 12.6. The number of aromatic nitrogens is 1. The van der Waals surface area contributed by atoms with E-state index in [-0.39, 0.29) is 5.56 Å². The normalized spacial score (nSPS) is 9.58. The highest BCUT2D eigenvalue weighted by molar-refractivity contribution is 5.94. The standard InChI is InChI=1S/C7H8FN3O/c1-4-6(7(12)11-9)2-5(8)3-10-4/h2-3H,9H2,1H3,(H,11,12). The summed E-state index contributed by atoms with van der Waals surface area (Å²) in [6, 6.07) is 1.09. The molecule has 1 aromatic rings. The van der Waals surface area contributed by atoms with Crippen molar-refractivity contribution in [3.05, 3.63) is 29.3 Å². The lowest BCUT2D eigenvalue weighted by Crippen LogP contribution is -2.30. The minimum absolute atomic E-state index is 0.150. The van der Waals surface area contributed by atoms with Gasteiger partial charge in [0.15, 0.2) is 0 Å². The smallest absolute Gasteiger partial charge is 0.267 e. The minimum atomic E-state index is -0.556. The van der Waals surface area contributed by atoms with Crippen LogP contribution in [-0.2, 0) is 0 Å². The average molecular weight is 169 g/mol. The van der Waals surface area contributed by atoms with Crippen molar-refractivity contribution < 1.29 is 9.18 Å². The second kappa shape index (κ2) is 3.27. The fourth-order valence-electron chi connectivity index (χ4n) is 0.815. The number of aryl methyl sites for hydroxylation is 1. The summed E-state index contributed by atoms with van der Waals surface area (Å²) in [5.41, 5.74) is 2.50. The van der Waals surface area contributed by atoms with Gasteiger partial charge in [-0.1, -0.05) is 0 Å². The summed E-state index contributed by atoms with van der Waals surface area (Å²) in [6.07, 6.45) is 1.04. The van der Waals surface area contributed by atoms with Crippen molar-refractivity contribution in [1.82, 2.24) is 10.4 Å². The Hall–Kier alpha value is -1.49. The summed E-state index contributed by atoms with van der Waals surface area (Å²) in [5, 5.41) is 0. The highest BCUT2D eigenvalue weighted by Gasteiger charge is 2.08. The summed E-state index contributed by atoms with van der Waals surface area (Å²) in [5.74, 6) is 3.77. The number of hydrogen-bond donors (Lipinski definition) is 2. The van der Waals surface area contributed by atoms with Crippen molar-refractivity contribution in [3.8, 4) is 0 Å². The molecule has 0 saturated heterocycles. The molecule has 1 amide bonds.